The maximum Gasteiger partial charge on any atom is 0.316 e. The van der Waals surface area contributed by atoms with Gasteiger partial charge in [0.2, 0.25) is 0 Å². The first-order valence-electron chi connectivity index (χ1n) is 8.87. The van der Waals surface area contributed by atoms with Gasteiger partial charge in [-0.05, 0) is 28.8 Å². The molecule has 136 valence electrons. The molecule has 1 aliphatic carbocycles. The van der Waals surface area contributed by atoms with Gasteiger partial charge >= 0.3 is 6.01 Å². The Morgan fingerprint density at radius 2 is 1.96 bits per heavy atom. The number of anilines is 1. The molecule has 4 rings (SSSR count). The highest BCUT2D eigenvalue weighted by Gasteiger charge is 2.20. The fourth-order valence-corrected chi connectivity index (χ4v) is 3.77. The predicted molar refractivity (Wildman–Crippen MR) is 102 cm³/mol. The Bertz CT molecular complexity index is 889. The summed E-state index contributed by atoms with van der Waals surface area (Å²) in [6.45, 7) is 0.602. The van der Waals surface area contributed by atoms with E-state index < -0.39 is 0 Å². The molecule has 0 aliphatic heterocycles. The van der Waals surface area contributed by atoms with Crippen LogP contribution in [0.15, 0.2) is 29.1 Å². The molecule has 0 amide bonds. The van der Waals surface area contributed by atoms with Crippen LogP contribution in [-0.4, -0.2) is 31.7 Å². The zero-order chi connectivity index (χ0) is 17.9. The minimum Gasteiger partial charge on any atom is -0.467 e. The van der Waals surface area contributed by atoms with E-state index in [4.69, 9.17) is 9.72 Å². The molecule has 1 aliphatic rings. The summed E-state index contributed by atoms with van der Waals surface area (Å²) in [6, 6.07) is 2.50. The molecule has 0 radical (unpaired) electrons. The summed E-state index contributed by atoms with van der Waals surface area (Å²) in [6.07, 6.45) is 11.6. The molecule has 1 N–H and O–H groups in total. The molecular weight excluding hydrogens is 396 g/mol. The number of nitrogens with zero attached hydrogens (tertiary/aromatic N) is 5. The highest BCUT2D eigenvalue weighted by Crippen LogP contribution is 2.33. The third-order valence-electron chi connectivity index (χ3n) is 4.81. The molecule has 1 fully saturated rings. The lowest BCUT2D eigenvalue weighted by Crippen LogP contribution is -2.11. The fourth-order valence-electron chi connectivity index (χ4n) is 3.42. The average molecular weight is 417 g/mol. The number of methoxy groups -OCH3 is 1. The molecule has 0 unspecified atom stereocenters. The Balaban J connectivity index is 1.61. The van der Waals surface area contributed by atoms with Crippen molar-refractivity contribution in [2.45, 2.75) is 44.6 Å². The second kappa shape index (κ2) is 7.57. The molecule has 0 aromatic carbocycles. The Morgan fingerprint density at radius 1 is 1.19 bits per heavy atom. The molecular formula is C18H21BrN6O. The van der Waals surface area contributed by atoms with E-state index in [1.807, 2.05) is 4.52 Å². The van der Waals surface area contributed by atoms with E-state index in [9.17, 15) is 0 Å². The SMILES string of the molecule is COc1ncc(CNc2cc(C3CCCCC3)nc3c(Br)cnn23)cn1. The van der Waals surface area contributed by atoms with Gasteiger partial charge in [-0.15, -0.1) is 0 Å². The zero-order valence-corrected chi connectivity index (χ0v) is 16.2. The van der Waals surface area contributed by atoms with Gasteiger partial charge in [-0.1, -0.05) is 19.3 Å². The number of hydrogen-bond acceptors (Lipinski definition) is 6. The molecule has 3 aromatic heterocycles. The molecule has 7 nitrogen and oxygen atoms in total. The summed E-state index contributed by atoms with van der Waals surface area (Å²) in [5, 5.41) is 7.89. The molecule has 26 heavy (non-hydrogen) atoms. The summed E-state index contributed by atoms with van der Waals surface area (Å²) in [4.78, 5) is 13.2. The van der Waals surface area contributed by atoms with Gasteiger partial charge in [-0.2, -0.15) is 9.61 Å². The van der Waals surface area contributed by atoms with E-state index in [1.165, 1.54) is 32.1 Å². The third-order valence-corrected chi connectivity index (χ3v) is 5.37. The molecule has 1 saturated carbocycles. The number of fused-ring (bicyclic) bond motifs is 1. The quantitative estimate of drug-likeness (QED) is 0.678. The van der Waals surface area contributed by atoms with E-state index >= 15 is 0 Å². The first kappa shape index (κ1) is 17.2. The fraction of sp³-hybridized carbons (Fsp3) is 0.444. The second-order valence-corrected chi connectivity index (χ2v) is 7.41. The van der Waals surface area contributed by atoms with Crippen molar-refractivity contribution in [2.24, 2.45) is 0 Å². The first-order valence-corrected chi connectivity index (χ1v) is 9.67. The van der Waals surface area contributed by atoms with Crippen molar-refractivity contribution in [3.8, 4) is 6.01 Å². The molecule has 0 saturated heterocycles. The predicted octanol–water partition coefficient (Wildman–Crippen LogP) is 3.95. The molecule has 0 spiro atoms. The van der Waals surface area contributed by atoms with Crippen molar-refractivity contribution in [3.05, 3.63) is 40.4 Å². The highest BCUT2D eigenvalue weighted by molar-refractivity contribution is 9.10. The van der Waals surface area contributed by atoms with Crippen molar-refractivity contribution in [1.29, 1.82) is 0 Å². The normalized spacial score (nSPS) is 15.3. The standard InChI is InChI=1S/C18H21BrN6O/c1-26-18-21-9-12(10-22-18)8-20-16-7-15(13-5-3-2-4-6-13)24-17-14(19)11-23-25(16)17/h7,9-11,13,20H,2-6,8H2,1H3. The largest absolute Gasteiger partial charge is 0.467 e. The van der Waals surface area contributed by atoms with Gasteiger partial charge < -0.3 is 10.1 Å². The van der Waals surface area contributed by atoms with Gasteiger partial charge in [0, 0.05) is 42.2 Å². The van der Waals surface area contributed by atoms with Crippen LogP contribution in [0, 0.1) is 0 Å². The lowest BCUT2D eigenvalue weighted by Gasteiger charge is -2.22. The number of nitrogens with one attached hydrogen (secondary N) is 1. The van der Waals surface area contributed by atoms with Gasteiger partial charge in [0.25, 0.3) is 0 Å². The maximum absolute atomic E-state index is 5.01. The average Bonchev–Trinajstić information content (AvgIpc) is 3.08. The van der Waals surface area contributed by atoms with E-state index in [1.54, 1.807) is 25.7 Å². The highest BCUT2D eigenvalue weighted by atomic mass is 79.9. The van der Waals surface area contributed by atoms with Crippen LogP contribution < -0.4 is 10.1 Å². The Morgan fingerprint density at radius 3 is 2.69 bits per heavy atom. The van der Waals surface area contributed by atoms with Crippen molar-refractivity contribution in [1.82, 2.24) is 24.6 Å². The maximum atomic E-state index is 5.01. The van der Waals surface area contributed by atoms with Gasteiger partial charge in [-0.3, -0.25) is 0 Å². The van der Waals surface area contributed by atoms with Crippen LogP contribution in [0.3, 0.4) is 0 Å². The van der Waals surface area contributed by atoms with Crippen molar-refractivity contribution < 1.29 is 4.74 Å². The van der Waals surface area contributed by atoms with Gasteiger partial charge in [-0.25, -0.2) is 15.0 Å². The van der Waals surface area contributed by atoms with Gasteiger partial charge in [0.05, 0.1) is 17.8 Å². The molecule has 0 atom stereocenters. The number of hydrogen-bond donors (Lipinski definition) is 1. The second-order valence-electron chi connectivity index (χ2n) is 6.56. The summed E-state index contributed by atoms with van der Waals surface area (Å²) in [7, 11) is 1.56. The number of ether oxygens (including phenoxy) is 1. The van der Waals surface area contributed by atoms with Crippen molar-refractivity contribution in [3.63, 3.8) is 0 Å². The number of aromatic nitrogens is 5. The Labute approximate surface area is 160 Å². The van der Waals surface area contributed by atoms with Crippen molar-refractivity contribution >= 4 is 27.4 Å². The molecule has 8 heteroatoms. The van der Waals surface area contributed by atoms with Crippen LogP contribution in [0.2, 0.25) is 0 Å². The summed E-state index contributed by atoms with van der Waals surface area (Å²) >= 11 is 3.56. The first-order chi connectivity index (χ1) is 12.7. The van der Waals surface area contributed by atoms with Crippen LogP contribution in [0.1, 0.15) is 49.3 Å². The lowest BCUT2D eigenvalue weighted by molar-refractivity contribution is 0.379. The van der Waals surface area contributed by atoms with E-state index in [-0.39, 0.29) is 0 Å². The van der Waals surface area contributed by atoms with Crippen LogP contribution in [0.25, 0.3) is 5.65 Å². The molecule has 3 aromatic rings. The number of halogens is 1. The van der Waals surface area contributed by atoms with Crippen LogP contribution in [0.4, 0.5) is 5.82 Å². The summed E-state index contributed by atoms with van der Waals surface area (Å²) in [5.41, 5.74) is 2.97. The smallest absolute Gasteiger partial charge is 0.316 e. The van der Waals surface area contributed by atoms with Crippen molar-refractivity contribution in [2.75, 3.05) is 12.4 Å². The topological polar surface area (TPSA) is 77.2 Å². The summed E-state index contributed by atoms with van der Waals surface area (Å²) in [5.74, 6) is 1.46. The molecule has 0 bridgehead atoms. The van der Waals surface area contributed by atoms with Crippen LogP contribution in [-0.2, 0) is 6.54 Å². The third kappa shape index (κ3) is 3.51. The minimum atomic E-state index is 0.371. The van der Waals surface area contributed by atoms with Crippen LogP contribution in [0.5, 0.6) is 6.01 Å². The van der Waals surface area contributed by atoms with E-state index in [2.05, 4.69) is 42.4 Å². The van der Waals surface area contributed by atoms with Crippen LogP contribution >= 0.6 is 15.9 Å². The van der Waals surface area contributed by atoms with Gasteiger partial charge in [0.15, 0.2) is 5.65 Å². The van der Waals surface area contributed by atoms with Gasteiger partial charge in [0.1, 0.15) is 5.82 Å². The van der Waals surface area contributed by atoms with E-state index in [0.717, 1.165) is 27.2 Å². The molecule has 3 heterocycles. The lowest BCUT2D eigenvalue weighted by atomic mass is 9.87. The minimum absolute atomic E-state index is 0.371. The Hall–Kier alpha value is -2.22. The zero-order valence-electron chi connectivity index (χ0n) is 14.7. The summed E-state index contributed by atoms with van der Waals surface area (Å²) < 4.78 is 7.75. The monoisotopic (exact) mass is 416 g/mol. The number of rotatable bonds is 5. The Kier molecular flexibility index (Phi) is 5.01. The van der Waals surface area contributed by atoms with E-state index in [0.29, 0.717) is 18.5 Å².